The van der Waals surface area contributed by atoms with Gasteiger partial charge in [0.15, 0.2) is 0 Å². The summed E-state index contributed by atoms with van der Waals surface area (Å²) in [6.45, 7) is 5.44. The summed E-state index contributed by atoms with van der Waals surface area (Å²) >= 11 is 0. The van der Waals surface area contributed by atoms with Crippen molar-refractivity contribution >= 4 is 23.1 Å². The number of hydrogen-bond acceptors (Lipinski definition) is 6. The van der Waals surface area contributed by atoms with Crippen LogP contribution in [0.4, 0.5) is 17.2 Å². The molecule has 2 aromatic carbocycles. The van der Waals surface area contributed by atoms with Gasteiger partial charge in [0.2, 0.25) is 0 Å². The molecule has 1 aliphatic rings. The number of rotatable bonds is 7. The molecule has 0 unspecified atom stereocenters. The highest BCUT2D eigenvalue weighted by atomic mass is 16.5. The number of carbonyl (C=O) groups is 1. The topological polar surface area (TPSA) is 66.9 Å². The highest BCUT2D eigenvalue weighted by Crippen LogP contribution is 2.24. The number of amides is 1. The first-order chi connectivity index (χ1) is 15.7. The van der Waals surface area contributed by atoms with E-state index in [0.29, 0.717) is 31.1 Å². The second kappa shape index (κ2) is 10.0. The summed E-state index contributed by atoms with van der Waals surface area (Å²) in [5.74, 6) is 2.19. The third-order valence-electron chi connectivity index (χ3n) is 5.47. The molecule has 1 N–H and O–H groups in total. The highest BCUT2D eigenvalue weighted by molar-refractivity contribution is 5.99. The van der Waals surface area contributed by atoms with Crippen molar-refractivity contribution in [3.63, 3.8) is 0 Å². The summed E-state index contributed by atoms with van der Waals surface area (Å²) in [6, 6.07) is 19.3. The lowest BCUT2D eigenvalue weighted by molar-refractivity contribution is 0.0747. The van der Waals surface area contributed by atoms with Crippen molar-refractivity contribution < 1.29 is 14.3 Å². The maximum absolute atomic E-state index is 13.3. The summed E-state index contributed by atoms with van der Waals surface area (Å²) in [5.41, 5.74) is 2.56. The van der Waals surface area contributed by atoms with E-state index < -0.39 is 0 Å². The molecule has 7 heteroatoms. The van der Waals surface area contributed by atoms with Gasteiger partial charge < -0.3 is 24.6 Å². The van der Waals surface area contributed by atoms with Gasteiger partial charge in [0, 0.05) is 43.8 Å². The highest BCUT2D eigenvalue weighted by Gasteiger charge is 2.24. The Hall–Kier alpha value is -3.74. The SMILES string of the molecule is CCOc1ccc(Nc2ncccc2C(=O)N2CCN(c3ccc(OC)cc3)CC2)cc1. The number of benzene rings is 2. The van der Waals surface area contributed by atoms with Crippen molar-refractivity contribution in [2.24, 2.45) is 0 Å². The second-order valence-electron chi connectivity index (χ2n) is 7.46. The molecule has 1 aliphatic heterocycles. The fourth-order valence-electron chi connectivity index (χ4n) is 3.75. The van der Waals surface area contributed by atoms with Gasteiger partial charge in [-0.05, 0) is 67.6 Å². The molecular weight excluding hydrogens is 404 g/mol. The van der Waals surface area contributed by atoms with Crippen molar-refractivity contribution in [3.8, 4) is 11.5 Å². The van der Waals surface area contributed by atoms with Crippen molar-refractivity contribution in [1.29, 1.82) is 0 Å². The average Bonchev–Trinajstić information content (AvgIpc) is 2.85. The molecule has 1 saturated heterocycles. The number of nitrogens with zero attached hydrogens (tertiary/aromatic N) is 3. The molecule has 32 heavy (non-hydrogen) atoms. The van der Waals surface area contributed by atoms with E-state index in [4.69, 9.17) is 9.47 Å². The predicted octanol–water partition coefficient (Wildman–Crippen LogP) is 4.19. The maximum Gasteiger partial charge on any atom is 0.257 e. The number of piperazine rings is 1. The number of pyridine rings is 1. The Morgan fingerprint density at radius 3 is 2.31 bits per heavy atom. The van der Waals surface area contributed by atoms with Crippen LogP contribution >= 0.6 is 0 Å². The van der Waals surface area contributed by atoms with Gasteiger partial charge in [0.05, 0.1) is 19.3 Å². The molecule has 0 saturated carbocycles. The molecule has 2 heterocycles. The number of methoxy groups -OCH3 is 1. The predicted molar refractivity (Wildman–Crippen MR) is 126 cm³/mol. The third kappa shape index (κ3) is 4.94. The molecule has 1 aromatic heterocycles. The average molecular weight is 433 g/mol. The monoisotopic (exact) mass is 432 g/mol. The first kappa shape index (κ1) is 21.5. The molecule has 1 fully saturated rings. The van der Waals surface area contributed by atoms with E-state index in [1.54, 1.807) is 19.4 Å². The fourth-order valence-corrected chi connectivity index (χ4v) is 3.75. The molecule has 0 atom stereocenters. The zero-order chi connectivity index (χ0) is 22.3. The summed E-state index contributed by atoms with van der Waals surface area (Å²) in [7, 11) is 1.66. The number of aromatic nitrogens is 1. The van der Waals surface area contributed by atoms with Crippen LogP contribution in [0.3, 0.4) is 0 Å². The fraction of sp³-hybridized carbons (Fsp3) is 0.280. The number of hydrogen-bond donors (Lipinski definition) is 1. The van der Waals surface area contributed by atoms with Gasteiger partial charge in [-0.1, -0.05) is 0 Å². The largest absolute Gasteiger partial charge is 0.497 e. The molecule has 0 aliphatic carbocycles. The number of carbonyl (C=O) groups excluding carboxylic acids is 1. The first-order valence-electron chi connectivity index (χ1n) is 10.8. The molecule has 1 amide bonds. The van der Waals surface area contributed by atoms with Crippen LogP contribution in [-0.2, 0) is 0 Å². The van der Waals surface area contributed by atoms with Crippen molar-refractivity contribution in [3.05, 3.63) is 72.4 Å². The maximum atomic E-state index is 13.3. The van der Waals surface area contributed by atoms with E-state index >= 15 is 0 Å². The smallest absolute Gasteiger partial charge is 0.257 e. The quantitative estimate of drug-likeness (QED) is 0.604. The van der Waals surface area contributed by atoms with Gasteiger partial charge in [0.25, 0.3) is 5.91 Å². The van der Waals surface area contributed by atoms with E-state index in [0.717, 1.165) is 36.0 Å². The van der Waals surface area contributed by atoms with Crippen LogP contribution in [0, 0.1) is 0 Å². The van der Waals surface area contributed by atoms with Crippen LogP contribution in [0.1, 0.15) is 17.3 Å². The summed E-state index contributed by atoms with van der Waals surface area (Å²) in [4.78, 5) is 21.9. The molecule has 4 rings (SSSR count). The zero-order valence-electron chi connectivity index (χ0n) is 18.5. The Morgan fingerprint density at radius 2 is 1.66 bits per heavy atom. The van der Waals surface area contributed by atoms with E-state index in [-0.39, 0.29) is 5.91 Å². The van der Waals surface area contributed by atoms with E-state index in [1.165, 1.54) is 0 Å². The van der Waals surface area contributed by atoms with Gasteiger partial charge in [-0.15, -0.1) is 0 Å². The number of anilines is 3. The second-order valence-corrected chi connectivity index (χ2v) is 7.46. The minimum Gasteiger partial charge on any atom is -0.497 e. The molecule has 7 nitrogen and oxygen atoms in total. The number of nitrogens with one attached hydrogen (secondary N) is 1. The van der Waals surface area contributed by atoms with Crippen molar-refractivity contribution in [1.82, 2.24) is 9.88 Å². The zero-order valence-corrected chi connectivity index (χ0v) is 18.5. The van der Waals surface area contributed by atoms with E-state index in [9.17, 15) is 4.79 Å². The minimum atomic E-state index is -0.0130. The van der Waals surface area contributed by atoms with Gasteiger partial charge in [-0.25, -0.2) is 4.98 Å². The van der Waals surface area contributed by atoms with E-state index in [1.807, 2.05) is 54.3 Å². The third-order valence-corrected chi connectivity index (χ3v) is 5.47. The molecule has 0 bridgehead atoms. The Balaban J connectivity index is 1.41. The van der Waals surface area contributed by atoms with Crippen molar-refractivity contribution in [2.75, 3.05) is 50.1 Å². The van der Waals surface area contributed by atoms with Gasteiger partial charge in [-0.2, -0.15) is 0 Å². The normalized spacial score (nSPS) is 13.6. The van der Waals surface area contributed by atoms with Crippen LogP contribution in [0.5, 0.6) is 11.5 Å². The molecule has 0 radical (unpaired) electrons. The Bertz CT molecular complexity index is 1030. The minimum absolute atomic E-state index is 0.0130. The summed E-state index contributed by atoms with van der Waals surface area (Å²) in [5, 5.41) is 3.27. The van der Waals surface area contributed by atoms with Crippen LogP contribution in [-0.4, -0.2) is 55.7 Å². The van der Waals surface area contributed by atoms with E-state index in [2.05, 4.69) is 27.3 Å². The molecule has 3 aromatic rings. The van der Waals surface area contributed by atoms with Gasteiger partial charge in [-0.3, -0.25) is 4.79 Å². The molecule has 0 spiro atoms. The standard InChI is InChI=1S/C25H28N4O3/c1-3-32-22-10-6-19(7-11-22)27-24-23(5-4-14-26-24)25(30)29-17-15-28(16-18-29)20-8-12-21(31-2)13-9-20/h4-14H,3,15-18H2,1-2H3,(H,26,27). The number of ether oxygens (including phenoxy) is 2. The lowest BCUT2D eigenvalue weighted by Crippen LogP contribution is -2.48. The molecular formula is C25H28N4O3. The lowest BCUT2D eigenvalue weighted by Gasteiger charge is -2.36. The lowest BCUT2D eigenvalue weighted by atomic mass is 10.1. The van der Waals surface area contributed by atoms with Gasteiger partial charge >= 0.3 is 0 Å². The van der Waals surface area contributed by atoms with Crippen LogP contribution in [0.25, 0.3) is 0 Å². The molecule has 166 valence electrons. The van der Waals surface area contributed by atoms with Gasteiger partial charge in [0.1, 0.15) is 17.3 Å². The van der Waals surface area contributed by atoms with Crippen LogP contribution in [0.2, 0.25) is 0 Å². The van der Waals surface area contributed by atoms with Crippen LogP contribution in [0.15, 0.2) is 66.9 Å². The Kier molecular flexibility index (Phi) is 6.75. The van der Waals surface area contributed by atoms with Crippen LogP contribution < -0.4 is 19.7 Å². The summed E-state index contributed by atoms with van der Waals surface area (Å²) in [6.07, 6.45) is 1.69. The Morgan fingerprint density at radius 1 is 0.969 bits per heavy atom. The van der Waals surface area contributed by atoms with Crippen molar-refractivity contribution in [2.45, 2.75) is 6.92 Å². The summed E-state index contributed by atoms with van der Waals surface area (Å²) < 4.78 is 10.7. The Labute approximate surface area is 188 Å². The first-order valence-corrected chi connectivity index (χ1v) is 10.8.